The van der Waals surface area contributed by atoms with Gasteiger partial charge in [-0.3, -0.25) is 0 Å². The van der Waals surface area contributed by atoms with Crippen LogP contribution in [-0.2, 0) is 14.8 Å². The van der Waals surface area contributed by atoms with Crippen LogP contribution in [0.25, 0.3) is 10.1 Å². The third-order valence-electron chi connectivity index (χ3n) is 2.11. The number of fused-ring (bicyclic) bond motifs is 1. The molecule has 8 heteroatoms. The van der Waals surface area contributed by atoms with Gasteiger partial charge < -0.3 is 9.84 Å². The first-order chi connectivity index (χ1) is 8.36. The average molecular weight is 287 g/mol. The van der Waals surface area contributed by atoms with E-state index in [4.69, 9.17) is 15.0 Å². The Balaban J connectivity index is 2.37. The summed E-state index contributed by atoms with van der Waals surface area (Å²) in [5.41, 5.74) is 0. The molecule has 1 heterocycles. The van der Waals surface area contributed by atoms with Gasteiger partial charge in [-0.2, -0.15) is 0 Å². The Morgan fingerprint density at radius 3 is 2.72 bits per heavy atom. The quantitative estimate of drug-likeness (QED) is 0.872. The van der Waals surface area contributed by atoms with Crippen molar-refractivity contribution in [1.82, 2.24) is 0 Å². The molecular weight excluding hydrogens is 278 g/mol. The van der Waals surface area contributed by atoms with E-state index in [9.17, 15) is 13.2 Å². The van der Waals surface area contributed by atoms with Crippen LogP contribution in [0.4, 0.5) is 0 Å². The van der Waals surface area contributed by atoms with E-state index in [0.29, 0.717) is 11.1 Å². The molecule has 6 nitrogen and oxygen atoms in total. The number of primary sulfonamides is 1. The lowest BCUT2D eigenvalue weighted by Gasteiger charge is -2.02. The molecule has 0 saturated carbocycles. The molecule has 3 N–H and O–H groups in total. The van der Waals surface area contributed by atoms with Gasteiger partial charge in [0.05, 0.1) is 0 Å². The summed E-state index contributed by atoms with van der Waals surface area (Å²) in [4.78, 5) is 10.4. The van der Waals surface area contributed by atoms with Crippen LogP contribution in [0.2, 0.25) is 0 Å². The Kier molecular flexibility index (Phi) is 3.24. The van der Waals surface area contributed by atoms with Gasteiger partial charge in [0.1, 0.15) is 9.96 Å². The third-order valence-corrected chi connectivity index (χ3v) is 4.64. The Bertz CT molecular complexity index is 704. The topological polar surface area (TPSA) is 107 Å². The summed E-state index contributed by atoms with van der Waals surface area (Å²) in [5.74, 6) is -0.714. The minimum atomic E-state index is -3.72. The van der Waals surface area contributed by atoms with Crippen molar-refractivity contribution in [1.29, 1.82) is 0 Å². The summed E-state index contributed by atoms with van der Waals surface area (Å²) >= 11 is 1.05. The Morgan fingerprint density at radius 1 is 1.39 bits per heavy atom. The van der Waals surface area contributed by atoms with Crippen molar-refractivity contribution in [2.45, 2.75) is 4.21 Å². The van der Waals surface area contributed by atoms with Crippen LogP contribution in [0.15, 0.2) is 28.5 Å². The number of nitrogens with two attached hydrogens (primary N) is 1. The summed E-state index contributed by atoms with van der Waals surface area (Å²) in [7, 11) is -3.72. The van der Waals surface area contributed by atoms with Gasteiger partial charge in [0.25, 0.3) is 0 Å². The molecule has 0 fully saturated rings. The highest BCUT2D eigenvalue weighted by molar-refractivity contribution is 7.91. The van der Waals surface area contributed by atoms with E-state index in [1.807, 2.05) is 0 Å². The Labute approximate surface area is 107 Å². The second kappa shape index (κ2) is 4.56. The van der Waals surface area contributed by atoms with Gasteiger partial charge >= 0.3 is 5.97 Å². The van der Waals surface area contributed by atoms with Crippen LogP contribution in [0.1, 0.15) is 0 Å². The number of ether oxygens (including phenoxy) is 1. The molecular formula is C10H9NO5S2. The number of hydrogen-bond acceptors (Lipinski definition) is 5. The fourth-order valence-corrected chi connectivity index (χ4v) is 3.17. The lowest BCUT2D eigenvalue weighted by Crippen LogP contribution is -2.09. The van der Waals surface area contributed by atoms with E-state index in [2.05, 4.69) is 0 Å². The molecule has 0 bridgehead atoms. The molecule has 1 aromatic heterocycles. The van der Waals surface area contributed by atoms with Crippen LogP contribution in [0.5, 0.6) is 5.75 Å². The largest absolute Gasteiger partial charge is 0.482 e. The van der Waals surface area contributed by atoms with Gasteiger partial charge in [0.2, 0.25) is 10.0 Å². The van der Waals surface area contributed by atoms with Crippen LogP contribution < -0.4 is 9.88 Å². The van der Waals surface area contributed by atoms with Crippen molar-refractivity contribution in [2.75, 3.05) is 6.61 Å². The summed E-state index contributed by atoms with van der Waals surface area (Å²) in [5, 5.41) is 14.2. The Hall–Kier alpha value is -1.64. The fourth-order valence-electron chi connectivity index (χ4n) is 1.37. The molecule has 2 rings (SSSR count). The van der Waals surface area contributed by atoms with E-state index in [0.717, 1.165) is 16.0 Å². The van der Waals surface area contributed by atoms with Gasteiger partial charge in [-0.05, 0) is 29.7 Å². The Morgan fingerprint density at radius 2 is 2.11 bits per heavy atom. The van der Waals surface area contributed by atoms with Crippen molar-refractivity contribution in [3.8, 4) is 5.75 Å². The highest BCUT2D eigenvalue weighted by Gasteiger charge is 2.12. The number of benzene rings is 1. The van der Waals surface area contributed by atoms with Crippen LogP contribution >= 0.6 is 11.3 Å². The van der Waals surface area contributed by atoms with Gasteiger partial charge in [-0.15, -0.1) is 11.3 Å². The van der Waals surface area contributed by atoms with Gasteiger partial charge in [0.15, 0.2) is 6.61 Å². The van der Waals surface area contributed by atoms with E-state index in [-0.39, 0.29) is 4.21 Å². The summed E-state index contributed by atoms with van der Waals surface area (Å²) in [6.07, 6.45) is 0. The number of rotatable bonds is 4. The highest BCUT2D eigenvalue weighted by atomic mass is 32.2. The maximum absolute atomic E-state index is 11.2. The van der Waals surface area contributed by atoms with E-state index < -0.39 is 22.6 Å². The highest BCUT2D eigenvalue weighted by Crippen LogP contribution is 2.30. The second-order valence-electron chi connectivity index (χ2n) is 3.49. The SMILES string of the molecule is NS(=O)(=O)c1cc2cc(OCC(=O)O)ccc2s1. The molecule has 2 aromatic rings. The monoisotopic (exact) mass is 287 g/mol. The minimum Gasteiger partial charge on any atom is -0.482 e. The number of hydrogen-bond donors (Lipinski definition) is 2. The summed E-state index contributed by atoms with van der Waals surface area (Å²) in [6.45, 7) is -0.447. The molecule has 0 radical (unpaired) electrons. The summed E-state index contributed by atoms with van der Waals surface area (Å²) < 4.78 is 28.2. The molecule has 0 aliphatic heterocycles. The van der Waals surface area contributed by atoms with Crippen molar-refractivity contribution in [3.63, 3.8) is 0 Å². The fraction of sp³-hybridized carbons (Fsp3) is 0.100. The molecule has 96 valence electrons. The summed E-state index contributed by atoms with van der Waals surface area (Å²) in [6, 6.07) is 6.24. The normalized spacial score (nSPS) is 11.6. The molecule has 0 spiro atoms. The second-order valence-corrected chi connectivity index (χ2v) is 6.36. The average Bonchev–Trinajstić information content (AvgIpc) is 2.68. The lowest BCUT2D eigenvalue weighted by atomic mass is 10.2. The minimum absolute atomic E-state index is 0.0629. The molecule has 18 heavy (non-hydrogen) atoms. The number of sulfonamides is 1. The molecule has 0 aliphatic carbocycles. The van der Waals surface area contributed by atoms with Gasteiger partial charge in [-0.25, -0.2) is 18.4 Å². The zero-order valence-corrected chi connectivity index (χ0v) is 10.6. The molecule has 0 saturated heterocycles. The molecule has 0 amide bonds. The zero-order chi connectivity index (χ0) is 13.3. The third kappa shape index (κ3) is 2.78. The first-order valence-corrected chi connectivity index (χ1v) is 7.13. The van der Waals surface area contributed by atoms with Crippen molar-refractivity contribution in [2.24, 2.45) is 5.14 Å². The maximum atomic E-state index is 11.2. The number of carboxylic acids is 1. The van der Waals surface area contributed by atoms with E-state index >= 15 is 0 Å². The lowest BCUT2D eigenvalue weighted by molar-refractivity contribution is -0.139. The smallest absolute Gasteiger partial charge is 0.341 e. The standard InChI is InChI=1S/C10H9NO5S2/c11-18(14,15)10-4-6-3-7(16-5-9(12)13)1-2-8(6)17-10/h1-4H,5H2,(H,12,13)(H2,11,14,15). The maximum Gasteiger partial charge on any atom is 0.341 e. The predicted octanol–water partition coefficient (Wildman–Crippen LogP) is 1.01. The van der Waals surface area contributed by atoms with Crippen LogP contribution in [0, 0.1) is 0 Å². The number of aliphatic carboxylic acids is 1. The zero-order valence-electron chi connectivity index (χ0n) is 8.99. The number of carboxylic acid groups (broad SMARTS) is 1. The molecule has 0 atom stereocenters. The van der Waals surface area contributed by atoms with Crippen LogP contribution in [-0.4, -0.2) is 26.1 Å². The first-order valence-electron chi connectivity index (χ1n) is 4.77. The predicted molar refractivity (Wildman–Crippen MR) is 66.3 cm³/mol. The van der Waals surface area contributed by atoms with Crippen LogP contribution in [0.3, 0.4) is 0 Å². The van der Waals surface area contributed by atoms with Crippen molar-refractivity contribution < 1.29 is 23.1 Å². The van der Waals surface area contributed by atoms with Crippen molar-refractivity contribution in [3.05, 3.63) is 24.3 Å². The van der Waals surface area contributed by atoms with E-state index in [1.165, 1.54) is 6.07 Å². The van der Waals surface area contributed by atoms with Gasteiger partial charge in [0, 0.05) is 4.70 Å². The van der Waals surface area contributed by atoms with Crippen molar-refractivity contribution >= 4 is 37.4 Å². The molecule has 0 aliphatic rings. The number of carbonyl (C=O) groups is 1. The first kappa shape index (κ1) is 12.8. The van der Waals surface area contributed by atoms with Gasteiger partial charge in [-0.1, -0.05) is 0 Å². The molecule has 1 aromatic carbocycles. The van der Waals surface area contributed by atoms with E-state index in [1.54, 1.807) is 18.2 Å². The molecule has 0 unspecified atom stereocenters. The number of thiophene rings is 1.